The standard InChI is InChI=1S/C15H22N4O2S/c1-10-9-22-14(16-10)13-8-21-6-5-19(13)7-12-11(2)17-18(3)15(12)20-4/h9,13H,5-8H2,1-4H3/t13-/m1/s1. The van der Waals surface area contributed by atoms with Crippen molar-refractivity contribution in [3.8, 4) is 5.88 Å². The van der Waals surface area contributed by atoms with Crippen molar-refractivity contribution >= 4 is 11.3 Å². The van der Waals surface area contributed by atoms with E-state index in [-0.39, 0.29) is 6.04 Å². The number of ether oxygens (including phenoxy) is 2. The third-order valence-electron chi connectivity index (χ3n) is 4.00. The predicted molar refractivity (Wildman–Crippen MR) is 85.3 cm³/mol. The van der Waals surface area contributed by atoms with E-state index in [2.05, 4.69) is 20.4 Å². The summed E-state index contributed by atoms with van der Waals surface area (Å²) in [4.78, 5) is 7.05. The van der Waals surface area contributed by atoms with Crippen LogP contribution in [0.1, 0.15) is 28.0 Å². The van der Waals surface area contributed by atoms with Crippen LogP contribution in [0.3, 0.4) is 0 Å². The summed E-state index contributed by atoms with van der Waals surface area (Å²) in [5.41, 5.74) is 3.23. The molecule has 0 saturated carbocycles. The van der Waals surface area contributed by atoms with E-state index >= 15 is 0 Å². The van der Waals surface area contributed by atoms with Gasteiger partial charge < -0.3 is 9.47 Å². The molecule has 0 amide bonds. The van der Waals surface area contributed by atoms with Crippen LogP contribution in [0.5, 0.6) is 5.88 Å². The molecule has 0 N–H and O–H groups in total. The van der Waals surface area contributed by atoms with Gasteiger partial charge in [0.1, 0.15) is 5.01 Å². The molecule has 1 atom stereocenters. The highest BCUT2D eigenvalue weighted by molar-refractivity contribution is 7.09. The van der Waals surface area contributed by atoms with Gasteiger partial charge in [0.15, 0.2) is 0 Å². The van der Waals surface area contributed by atoms with Crippen molar-refractivity contribution in [1.82, 2.24) is 19.7 Å². The molecule has 0 bridgehead atoms. The Labute approximate surface area is 134 Å². The summed E-state index contributed by atoms with van der Waals surface area (Å²) < 4.78 is 13.0. The minimum atomic E-state index is 0.205. The molecular formula is C15H22N4O2S. The van der Waals surface area contributed by atoms with Crippen molar-refractivity contribution in [1.29, 1.82) is 0 Å². The molecule has 120 valence electrons. The van der Waals surface area contributed by atoms with Crippen molar-refractivity contribution in [3.05, 3.63) is 27.3 Å². The first-order valence-corrected chi connectivity index (χ1v) is 8.28. The molecule has 2 aromatic rings. The van der Waals surface area contributed by atoms with E-state index in [0.717, 1.165) is 47.5 Å². The van der Waals surface area contributed by atoms with Gasteiger partial charge in [-0.1, -0.05) is 0 Å². The van der Waals surface area contributed by atoms with Gasteiger partial charge in [0, 0.05) is 31.2 Å². The van der Waals surface area contributed by atoms with Gasteiger partial charge in [0.2, 0.25) is 5.88 Å². The van der Waals surface area contributed by atoms with E-state index in [4.69, 9.17) is 9.47 Å². The summed E-state index contributed by atoms with van der Waals surface area (Å²) >= 11 is 1.70. The van der Waals surface area contributed by atoms with Gasteiger partial charge in [-0.2, -0.15) is 5.10 Å². The minimum Gasteiger partial charge on any atom is -0.481 e. The quantitative estimate of drug-likeness (QED) is 0.862. The molecule has 1 fully saturated rings. The lowest BCUT2D eigenvalue weighted by Gasteiger charge is -2.34. The summed E-state index contributed by atoms with van der Waals surface area (Å²) in [6.45, 7) is 7.19. The second-order valence-corrected chi connectivity index (χ2v) is 6.47. The van der Waals surface area contributed by atoms with E-state index in [1.54, 1.807) is 23.1 Å². The molecule has 3 rings (SSSR count). The molecule has 0 aromatic carbocycles. The molecule has 3 heterocycles. The van der Waals surface area contributed by atoms with Crippen LogP contribution in [0.4, 0.5) is 0 Å². The third-order valence-corrected chi connectivity index (χ3v) is 5.07. The normalized spacial score (nSPS) is 19.5. The number of aryl methyl sites for hydroxylation is 3. The predicted octanol–water partition coefficient (Wildman–Crippen LogP) is 2.08. The zero-order chi connectivity index (χ0) is 15.7. The van der Waals surface area contributed by atoms with Crippen LogP contribution in [-0.2, 0) is 18.3 Å². The van der Waals surface area contributed by atoms with Crippen LogP contribution in [0.15, 0.2) is 5.38 Å². The zero-order valence-electron chi connectivity index (χ0n) is 13.5. The SMILES string of the molecule is COc1c(CN2CCOC[C@@H]2c2nc(C)cs2)c(C)nn1C. The summed E-state index contributed by atoms with van der Waals surface area (Å²) in [5, 5.41) is 7.69. The Morgan fingerprint density at radius 1 is 1.45 bits per heavy atom. The van der Waals surface area contributed by atoms with Gasteiger partial charge in [-0.05, 0) is 13.8 Å². The largest absolute Gasteiger partial charge is 0.481 e. The summed E-state index contributed by atoms with van der Waals surface area (Å²) in [5.74, 6) is 0.832. The Bertz CT molecular complexity index is 652. The Kier molecular flexibility index (Phi) is 4.46. The molecule has 1 aliphatic heterocycles. The summed E-state index contributed by atoms with van der Waals surface area (Å²) in [6, 6.07) is 0.205. The van der Waals surface area contributed by atoms with Crippen LogP contribution in [0, 0.1) is 13.8 Å². The lowest BCUT2D eigenvalue weighted by Crippen LogP contribution is -2.39. The molecule has 0 radical (unpaired) electrons. The minimum absolute atomic E-state index is 0.205. The number of hydrogen-bond donors (Lipinski definition) is 0. The van der Waals surface area contributed by atoms with Crippen LogP contribution < -0.4 is 4.74 Å². The van der Waals surface area contributed by atoms with Crippen molar-refractivity contribution in [2.45, 2.75) is 26.4 Å². The first-order valence-electron chi connectivity index (χ1n) is 7.40. The molecular weight excluding hydrogens is 300 g/mol. The lowest BCUT2D eigenvalue weighted by atomic mass is 10.1. The third kappa shape index (κ3) is 2.88. The van der Waals surface area contributed by atoms with E-state index in [0.29, 0.717) is 6.61 Å². The van der Waals surface area contributed by atoms with Crippen molar-refractivity contribution < 1.29 is 9.47 Å². The van der Waals surface area contributed by atoms with Gasteiger partial charge in [0.05, 0.1) is 37.6 Å². The van der Waals surface area contributed by atoms with Crippen LogP contribution in [0.2, 0.25) is 0 Å². The molecule has 1 saturated heterocycles. The zero-order valence-corrected chi connectivity index (χ0v) is 14.3. The topological polar surface area (TPSA) is 52.4 Å². The number of morpholine rings is 1. The van der Waals surface area contributed by atoms with Gasteiger partial charge in [-0.15, -0.1) is 11.3 Å². The fraction of sp³-hybridized carbons (Fsp3) is 0.600. The van der Waals surface area contributed by atoms with Crippen LogP contribution in [-0.4, -0.2) is 46.5 Å². The average molecular weight is 322 g/mol. The van der Waals surface area contributed by atoms with Gasteiger partial charge in [-0.3, -0.25) is 4.90 Å². The highest BCUT2D eigenvalue weighted by atomic mass is 32.1. The van der Waals surface area contributed by atoms with Gasteiger partial charge >= 0.3 is 0 Å². The fourth-order valence-electron chi connectivity index (χ4n) is 2.90. The Balaban J connectivity index is 1.86. The Morgan fingerprint density at radius 2 is 2.27 bits per heavy atom. The average Bonchev–Trinajstić information content (AvgIpc) is 3.04. The second kappa shape index (κ2) is 6.36. The Morgan fingerprint density at radius 3 is 2.95 bits per heavy atom. The fourth-order valence-corrected chi connectivity index (χ4v) is 3.82. The van der Waals surface area contributed by atoms with E-state index in [9.17, 15) is 0 Å². The second-order valence-electron chi connectivity index (χ2n) is 5.59. The Hall–Kier alpha value is -1.44. The number of rotatable bonds is 4. The van der Waals surface area contributed by atoms with Gasteiger partial charge in [0.25, 0.3) is 0 Å². The number of aromatic nitrogens is 3. The highest BCUT2D eigenvalue weighted by Gasteiger charge is 2.29. The summed E-state index contributed by atoms with van der Waals surface area (Å²) in [6.07, 6.45) is 0. The van der Waals surface area contributed by atoms with Crippen molar-refractivity contribution in [2.24, 2.45) is 7.05 Å². The van der Waals surface area contributed by atoms with E-state index in [1.165, 1.54) is 0 Å². The maximum Gasteiger partial charge on any atom is 0.216 e. The summed E-state index contributed by atoms with van der Waals surface area (Å²) in [7, 11) is 3.61. The number of hydrogen-bond acceptors (Lipinski definition) is 6. The smallest absolute Gasteiger partial charge is 0.216 e. The molecule has 7 heteroatoms. The molecule has 0 aliphatic carbocycles. The number of thiazole rings is 1. The van der Waals surface area contributed by atoms with Crippen molar-refractivity contribution in [2.75, 3.05) is 26.9 Å². The monoisotopic (exact) mass is 322 g/mol. The maximum atomic E-state index is 5.68. The first kappa shape index (κ1) is 15.5. The molecule has 22 heavy (non-hydrogen) atoms. The highest BCUT2D eigenvalue weighted by Crippen LogP contribution is 2.31. The molecule has 1 aliphatic rings. The molecule has 0 unspecified atom stereocenters. The molecule has 6 nitrogen and oxygen atoms in total. The maximum absolute atomic E-state index is 5.68. The lowest BCUT2D eigenvalue weighted by molar-refractivity contribution is -0.0131. The van der Waals surface area contributed by atoms with Crippen LogP contribution >= 0.6 is 11.3 Å². The van der Waals surface area contributed by atoms with E-state index in [1.807, 2.05) is 20.9 Å². The number of nitrogens with zero attached hydrogens (tertiary/aromatic N) is 4. The number of methoxy groups -OCH3 is 1. The van der Waals surface area contributed by atoms with Crippen LogP contribution in [0.25, 0.3) is 0 Å². The molecule has 0 spiro atoms. The molecule has 2 aromatic heterocycles. The van der Waals surface area contributed by atoms with E-state index < -0.39 is 0 Å². The van der Waals surface area contributed by atoms with Gasteiger partial charge in [-0.25, -0.2) is 9.67 Å². The first-order chi connectivity index (χ1) is 10.6. The van der Waals surface area contributed by atoms with Crippen molar-refractivity contribution in [3.63, 3.8) is 0 Å².